The summed E-state index contributed by atoms with van der Waals surface area (Å²) in [5.41, 5.74) is 5.77. The highest BCUT2D eigenvalue weighted by Crippen LogP contribution is 2.41. The Balaban J connectivity index is 1.85. The van der Waals surface area contributed by atoms with E-state index < -0.39 is 4.92 Å². The number of fused-ring (bicyclic) bond motifs is 1. The molecule has 1 aromatic rings. The van der Waals surface area contributed by atoms with Gasteiger partial charge >= 0.3 is 5.69 Å². The molecule has 0 saturated heterocycles. The summed E-state index contributed by atoms with van der Waals surface area (Å²) >= 11 is 0. The summed E-state index contributed by atoms with van der Waals surface area (Å²) in [4.78, 5) is 21.9. The molecule has 0 radical (unpaired) electrons. The van der Waals surface area contributed by atoms with Gasteiger partial charge in [0.2, 0.25) is 0 Å². The number of nitrogens with two attached hydrogens (primary N) is 1. The number of benzene rings is 1. The van der Waals surface area contributed by atoms with Crippen molar-refractivity contribution >= 4 is 17.3 Å². The number of carbonyl (C=O) groups excluding carboxylic acids is 1. The van der Waals surface area contributed by atoms with Crippen LogP contribution in [0.25, 0.3) is 0 Å². The van der Waals surface area contributed by atoms with Crippen molar-refractivity contribution in [1.29, 1.82) is 0 Å². The van der Waals surface area contributed by atoms with E-state index in [9.17, 15) is 14.9 Å². The number of ether oxygens (including phenoxy) is 2. The molecule has 1 fully saturated rings. The predicted molar refractivity (Wildman–Crippen MR) is 73.4 cm³/mol. The van der Waals surface area contributed by atoms with Crippen molar-refractivity contribution in [2.24, 2.45) is 11.7 Å². The zero-order chi connectivity index (χ0) is 15.0. The van der Waals surface area contributed by atoms with Crippen molar-refractivity contribution in [2.75, 3.05) is 18.5 Å². The van der Waals surface area contributed by atoms with Crippen LogP contribution in [0.4, 0.5) is 11.4 Å². The Morgan fingerprint density at radius 2 is 2.24 bits per heavy atom. The highest BCUT2D eigenvalue weighted by atomic mass is 16.6. The predicted octanol–water partition coefficient (Wildman–Crippen LogP) is 1.04. The van der Waals surface area contributed by atoms with E-state index >= 15 is 0 Å². The summed E-state index contributed by atoms with van der Waals surface area (Å²) in [6, 6.07) is 2.73. The monoisotopic (exact) mass is 293 g/mol. The van der Waals surface area contributed by atoms with Crippen LogP contribution in [0.2, 0.25) is 0 Å². The SMILES string of the molecule is NCC1CC(Oc2cc3c(cc2[N+](=O)[O-])OCC(=O)N3)C1. The van der Waals surface area contributed by atoms with Crippen LogP contribution in [0, 0.1) is 16.0 Å². The molecule has 1 aliphatic carbocycles. The second-order valence-corrected chi connectivity index (χ2v) is 5.22. The molecule has 0 spiro atoms. The van der Waals surface area contributed by atoms with E-state index in [1.165, 1.54) is 12.1 Å². The summed E-state index contributed by atoms with van der Waals surface area (Å²) in [5.74, 6) is 0.538. The number of nitro benzene ring substituents is 1. The third-order valence-electron chi connectivity index (χ3n) is 3.71. The van der Waals surface area contributed by atoms with Crippen LogP contribution in [0.3, 0.4) is 0 Å². The summed E-state index contributed by atoms with van der Waals surface area (Å²) < 4.78 is 10.8. The first-order chi connectivity index (χ1) is 10.1. The van der Waals surface area contributed by atoms with Gasteiger partial charge in [-0.05, 0) is 25.3 Å². The van der Waals surface area contributed by atoms with Gasteiger partial charge in [-0.15, -0.1) is 0 Å². The zero-order valence-corrected chi connectivity index (χ0v) is 11.2. The molecule has 112 valence electrons. The third kappa shape index (κ3) is 2.62. The van der Waals surface area contributed by atoms with Crippen LogP contribution >= 0.6 is 0 Å². The first-order valence-electron chi connectivity index (χ1n) is 6.68. The van der Waals surface area contributed by atoms with Gasteiger partial charge in [0.05, 0.1) is 22.8 Å². The van der Waals surface area contributed by atoms with Crippen LogP contribution in [0.15, 0.2) is 12.1 Å². The van der Waals surface area contributed by atoms with E-state index in [1.54, 1.807) is 0 Å². The Morgan fingerprint density at radius 3 is 2.90 bits per heavy atom. The third-order valence-corrected chi connectivity index (χ3v) is 3.71. The van der Waals surface area contributed by atoms with Gasteiger partial charge in [-0.25, -0.2) is 0 Å². The minimum atomic E-state index is -0.519. The quantitative estimate of drug-likeness (QED) is 0.632. The van der Waals surface area contributed by atoms with Crippen LogP contribution in [0.1, 0.15) is 12.8 Å². The fourth-order valence-electron chi connectivity index (χ4n) is 2.48. The van der Waals surface area contributed by atoms with E-state index in [0.29, 0.717) is 18.2 Å². The van der Waals surface area contributed by atoms with Crippen LogP contribution < -0.4 is 20.5 Å². The lowest BCUT2D eigenvalue weighted by Gasteiger charge is -2.34. The van der Waals surface area contributed by atoms with Gasteiger partial charge in [0, 0.05) is 6.07 Å². The lowest BCUT2D eigenvalue weighted by atomic mass is 9.82. The molecule has 1 amide bonds. The number of nitrogens with one attached hydrogen (secondary N) is 1. The van der Waals surface area contributed by atoms with Gasteiger partial charge < -0.3 is 20.5 Å². The van der Waals surface area contributed by atoms with Gasteiger partial charge in [0.15, 0.2) is 18.1 Å². The fraction of sp³-hybridized carbons (Fsp3) is 0.462. The number of hydrogen-bond donors (Lipinski definition) is 2. The molecule has 2 aliphatic rings. The van der Waals surface area contributed by atoms with Gasteiger partial charge in [-0.3, -0.25) is 14.9 Å². The van der Waals surface area contributed by atoms with Gasteiger partial charge in [-0.1, -0.05) is 0 Å². The molecule has 8 heteroatoms. The number of amides is 1. The summed E-state index contributed by atoms with van der Waals surface area (Å²) in [6.45, 7) is 0.446. The standard InChI is InChI=1S/C13H15N3O5/c14-5-7-1-8(2-7)21-12-3-9-11(4-10(12)16(18)19)20-6-13(17)15-9/h3-4,7-8H,1-2,5-6,14H2,(H,15,17). The largest absolute Gasteiger partial charge is 0.483 e. The number of carbonyl (C=O) groups is 1. The van der Waals surface area contributed by atoms with Gasteiger partial charge in [0.25, 0.3) is 5.91 Å². The molecule has 3 N–H and O–H groups in total. The van der Waals surface area contributed by atoms with Crippen LogP contribution in [-0.4, -0.2) is 30.1 Å². The molecule has 0 bridgehead atoms. The molecule has 0 atom stereocenters. The second kappa shape index (κ2) is 5.21. The normalized spacial score (nSPS) is 23.4. The van der Waals surface area contributed by atoms with Crippen molar-refractivity contribution in [1.82, 2.24) is 0 Å². The molecule has 1 saturated carbocycles. The molecule has 3 rings (SSSR count). The lowest BCUT2D eigenvalue weighted by molar-refractivity contribution is -0.386. The highest BCUT2D eigenvalue weighted by molar-refractivity contribution is 5.96. The molecular formula is C13H15N3O5. The summed E-state index contributed by atoms with van der Waals surface area (Å²) in [6.07, 6.45) is 1.50. The van der Waals surface area contributed by atoms with Gasteiger partial charge in [-0.2, -0.15) is 0 Å². The Hall–Kier alpha value is -2.35. The first kappa shape index (κ1) is 13.6. The maximum absolute atomic E-state index is 11.3. The average molecular weight is 293 g/mol. The lowest BCUT2D eigenvalue weighted by Crippen LogP contribution is -2.37. The first-order valence-corrected chi connectivity index (χ1v) is 6.68. The minimum Gasteiger partial charge on any atom is -0.483 e. The van der Waals surface area contributed by atoms with E-state index in [-0.39, 0.29) is 35.8 Å². The average Bonchev–Trinajstić information content (AvgIpc) is 2.41. The van der Waals surface area contributed by atoms with Crippen molar-refractivity contribution < 1.29 is 19.2 Å². The number of nitro groups is 1. The molecule has 0 unspecified atom stereocenters. The topological polar surface area (TPSA) is 117 Å². The van der Waals surface area contributed by atoms with Crippen molar-refractivity contribution in [2.45, 2.75) is 18.9 Å². The maximum Gasteiger partial charge on any atom is 0.314 e. The highest BCUT2D eigenvalue weighted by Gasteiger charge is 2.32. The number of anilines is 1. The number of nitrogens with zero attached hydrogens (tertiary/aromatic N) is 1. The zero-order valence-electron chi connectivity index (χ0n) is 11.2. The molecule has 1 aromatic carbocycles. The Bertz CT molecular complexity index is 598. The van der Waals surface area contributed by atoms with Crippen molar-refractivity contribution in [3.05, 3.63) is 22.2 Å². The van der Waals surface area contributed by atoms with Crippen LogP contribution in [-0.2, 0) is 4.79 Å². The Kier molecular flexibility index (Phi) is 3.38. The molecular weight excluding hydrogens is 278 g/mol. The van der Waals surface area contributed by atoms with E-state index in [1.807, 2.05) is 0 Å². The fourth-order valence-corrected chi connectivity index (χ4v) is 2.48. The number of hydrogen-bond acceptors (Lipinski definition) is 6. The van der Waals surface area contributed by atoms with Crippen molar-refractivity contribution in [3.63, 3.8) is 0 Å². The smallest absolute Gasteiger partial charge is 0.314 e. The van der Waals surface area contributed by atoms with E-state index in [0.717, 1.165) is 12.8 Å². The van der Waals surface area contributed by atoms with Crippen molar-refractivity contribution in [3.8, 4) is 11.5 Å². The molecule has 1 heterocycles. The number of rotatable bonds is 4. The molecule has 0 aromatic heterocycles. The Morgan fingerprint density at radius 1 is 1.48 bits per heavy atom. The van der Waals surface area contributed by atoms with E-state index in [4.69, 9.17) is 15.2 Å². The minimum absolute atomic E-state index is 0.0736. The maximum atomic E-state index is 11.3. The summed E-state index contributed by atoms with van der Waals surface area (Å²) in [7, 11) is 0. The van der Waals surface area contributed by atoms with E-state index in [2.05, 4.69) is 5.32 Å². The molecule has 8 nitrogen and oxygen atoms in total. The van der Waals surface area contributed by atoms with Gasteiger partial charge in [0.1, 0.15) is 0 Å². The Labute approximate surface area is 120 Å². The molecule has 21 heavy (non-hydrogen) atoms. The second-order valence-electron chi connectivity index (χ2n) is 5.22. The molecule has 1 aliphatic heterocycles. The summed E-state index contributed by atoms with van der Waals surface area (Å²) in [5, 5.41) is 13.8. The van der Waals surface area contributed by atoms with Crippen LogP contribution in [0.5, 0.6) is 11.5 Å².